The lowest BCUT2D eigenvalue weighted by atomic mass is 9.98. The monoisotopic (exact) mass is 529 g/mol. The zero-order valence-electron chi connectivity index (χ0n) is 19.0. The van der Waals surface area contributed by atoms with Gasteiger partial charge in [-0.15, -0.1) is 0 Å². The number of rotatable bonds is 3. The number of carbonyl (C=O) groups is 1. The van der Waals surface area contributed by atoms with Crippen molar-refractivity contribution in [2.24, 2.45) is 10.3 Å². The molecule has 0 N–H and O–H groups in total. The fourth-order valence-corrected chi connectivity index (χ4v) is 4.81. The Morgan fingerprint density at radius 2 is 1.45 bits per heavy atom. The summed E-state index contributed by atoms with van der Waals surface area (Å²) >= 11 is 24.6. The lowest BCUT2D eigenvalue weighted by Gasteiger charge is -2.27. The summed E-state index contributed by atoms with van der Waals surface area (Å²) in [7, 11) is 0. The highest BCUT2D eigenvalue weighted by molar-refractivity contribution is 6.70. The van der Waals surface area contributed by atoms with Gasteiger partial charge in [0.25, 0.3) is 6.23 Å². The number of alkyl halides is 3. The molecule has 176 valence electrons. The van der Waals surface area contributed by atoms with Crippen LogP contribution in [0.4, 0.5) is 4.79 Å². The molecule has 1 unspecified atom stereocenters. The van der Waals surface area contributed by atoms with Crippen molar-refractivity contribution in [2.75, 3.05) is 0 Å². The van der Waals surface area contributed by atoms with Crippen LogP contribution in [0.5, 0.6) is 0 Å². The van der Waals surface area contributed by atoms with Crippen LogP contribution in [0.15, 0.2) is 34.6 Å². The van der Waals surface area contributed by atoms with Gasteiger partial charge in [-0.25, -0.2) is 9.69 Å². The van der Waals surface area contributed by atoms with Crippen molar-refractivity contribution in [3.63, 3.8) is 0 Å². The SMILES string of the molecule is Cc1cc(C)c(C2=NOC(C(Cl)(Cl)Cl)N2C(=O)O/N=C(\Cl)c2c(C)cc(C)cc2C)c(C)c1. The molecule has 2 aromatic rings. The second-order valence-corrected chi connectivity index (χ2v) is 10.8. The first-order chi connectivity index (χ1) is 15.3. The van der Waals surface area contributed by atoms with Gasteiger partial charge < -0.3 is 4.84 Å². The lowest BCUT2D eigenvalue weighted by molar-refractivity contribution is 0.0102. The first kappa shape index (κ1) is 25.6. The van der Waals surface area contributed by atoms with Gasteiger partial charge >= 0.3 is 6.09 Å². The molecule has 0 fully saturated rings. The second kappa shape index (κ2) is 9.71. The highest BCUT2D eigenvalue weighted by atomic mass is 35.6. The Bertz CT molecular complexity index is 1130. The molecule has 0 saturated carbocycles. The van der Waals surface area contributed by atoms with Crippen LogP contribution in [0, 0.1) is 41.5 Å². The minimum absolute atomic E-state index is 0.0186. The van der Waals surface area contributed by atoms with Crippen LogP contribution in [0.3, 0.4) is 0 Å². The molecule has 0 saturated heterocycles. The van der Waals surface area contributed by atoms with Crippen LogP contribution >= 0.6 is 46.4 Å². The molecule has 6 nitrogen and oxygen atoms in total. The number of hydrogen-bond donors (Lipinski definition) is 0. The van der Waals surface area contributed by atoms with E-state index < -0.39 is 16.1 Å². The largest absolute Gasteiger partial charge is 0.445 e. The van der Waals surface area contributed by atoms with E-state index in [0.29, 0.717) is 11.1 Å². The Balaban J connectivity index is 1.97. The van der Waals surface area contributed by atoms with Crippen molar-refractivity contribution in [2.45, 2.75) is 51.6 Å². The Labute approximate surface area is 213 Å². The molecule has 1 amide bonds. The van der Waals surface area contributed by atoms with Gasteiger partial charge in [0.15, 0.2) is 11.0 Å². The molecule has 0 aliphatic carbocycles. The third-order valence-electron chi connectivity index (χ3n) is 5.17. The van der Waals surface area contributed by atoms with E-state index in [2.05, 4.69) is 10.3 Å². The van der Waals surface area contributed by atoms with Gasteiger partial charge in [-0.1, -0.05) is 92.1 Å². The van der Waals surface area contributed by atoms with Crippen molar-refractivity contribution < 1.29 is 14.5 Å². The maximum Gasteiger partial charge on any atom is 0.445 e. The summed E-state index contributed by atoms with van der Waals surface area (Å²) in [6.07, 6.45) is -2.32. The number of amidine groups is 1. The quantitative estimate of drug-likeness (QED) is 0.186. The number of halogens is 4. The van der Waals surface area contributed by atoms with Crippen LogP contribution in [0.1, 0.15) is 44.5 Å². The number of benzene rings is 2. The topological polar surface area (TPSA) is 63.5 Å². The summed E-state index contributed by atoms with van der Waals surface area (Å²) in [5.41, 5.74) is 7.00. The molecular weight excluding hydrogens is 508 g/mol. The van der Waals surface area contributed by atoms with Crippen molar-refractivity contribution in [3.8, 4) is 0 Å². The van der Waals surface area contributed by atoms with Gasteiger partial charge in [-0.05, 0) is 63.8 Å². The van der Waals surface area contributed by atoms with Crippen molar-refractivity contribution in [3.05, 3.63) is 68.8 Å². The van der Waals surface area contributed by atoms with Crippen molar-refractivity contribution >= 4 is 63.5 Å². The van der Waals surface area contributed by atoms with E-state index in [1.807, 2.05) is 65.8 Å². The van der Waals surface area contributed by atoms with E-state index in [1.165, 1.54) is 0 Å². The van der Waals surface area contributed by atoms with Crippen molar-refractivity contribution in [1.82, 2.24) is 4.90 Å². The standard InChI is InChI=1S/C23H23Cl4N3O3/c1-11-7-13(3)17(14(4)8-11)19(24)28-33-22(31)30-20(29-32-21(30)23(25,26)27)18-15(5)9-12(2)10-16(18)6/h7-10,21H,1-6H3/b28-19-. The van der Waals surface area contributed by atoms with Crippen LogP contribution in [-0.2, 0) is 9.68 Å². The van der Waals surface area contributed by atoms with E-state index in [4.69, 9.17) is 56.1 Å². The molecule has 3 rings (SSSR count). The van der Waals surface area contributed by atoms with E-state index >= 15 is 0 Å². The minimum Gasteiger partial charge on any atom is -0.363 e. The van der Waals surface area contributed by atoms with E-state index in [9.17, 15) is 4.79 Å². The molecular formula is C23H23Cl4N3O3. The number of oxime groups is 2. The van der Waals surface area contributed by atoms with Crippen LogP contribution in [-0.4, -0.2) is 32.0 Å². The summed E-state index contributed by atoms with van der Waals surface area (Å²) in [6, 6.07) is 7.83. The molecule has 2 aromatic carbocycles. The molecule has 0 aromatic heterocycles. The predicted octanol–water partition coefficient (Wildman–Crippen LogP) is 6.96. The lowest BCUT2D eigenvalue weighted by Crippen LogP contribution is -2.48. The third kappa shape index (κ3) is 5.40. The molecule has 0 spiro atoms. The number of aryl methyl sites for hydroxylation is 6. The Morgan fingerprint density at radius 1 is 0.970 bits per heavy atom. The first-order valence-corrected chi connectivity index (χ1v) is 11.5. The van der Waals surface area contributed by atoms with Crippen molar-refractivity contribution in [1.29, 1.82) is 0 Å². The number of hydrogen-bond acceptors (Lipinski definition) is 5. The third-order valence-corrected chi connectivity index (χ3v) is 5.98. The summed E-state index contributed by atoms with van der Waals surface area (Å²) in [5.74, 6) is 0.153. The molecule has 10 heteroatoms. The molecule has 33 heavy (non-hydrogen) atoms. The maximum atomic E-state index is 13.1. The number of nitrogens with zero attached hydrogens (tertiary/aromatic N) is 3. The highest BCUT2D eigenvalue weighted by Gasteiger charge is 2.50. The molecule has 1 heterocycles. The maximum absolute atomic E-state index is 13.1. The summed E-state index contributed by atoms with van der Waals surface area (Å²) in [5, 5.41) is 7.90. The Morgan fingerprint density at radius 3 is 1.94 bits per heavy atom. The second-order valence-electron chi connectivity index (χ2n) is 8.07. The highest BCUT2D eigenvalue weighted by Crippen LogP contribution is 2.39. The van der Waals surface area contributed by atoms with Crippen LogP contribution < -0.4 is 0 Å². The summed E-state index contributed by atoms with van der Waals surface area (Å²) in [6.45, 7) is 11.5. The van der Waals surface area contributed by atoms with Gasteiger partial charge in [0.1, 0.15) is 0 Å². The average Bonchev–Trinajstić information content (AvgIpc) is 3.09. The fourth-order valence-electron chi connectivity index (χ4n) is 4.06. The zero-order valence-corrected chi connectivity index (χ0v) is 22.0. The van der Waals surface area contributed by atoms with Gasteiger partial charge in [0, 0.05) is 11.1 Å². The smallest absolute Gasteiger partial charge is 0.363 e. The fraction of sp³-hybridized carbons (Fsp3) is 0.348. The van der Waals surface area contributed by atoms with Gasteiger partial charge in [0.2, 0.25) is 3.79 Å². The normalized spacial score (nSPS) is 16.5. The van der Waals surface area contributed by atoms with E-state index in [-0.39, 0.29) is 11.0 Å². The number of amides is 1. The summed E-state index contributed by atoms with van der Waals surface area (Å²) in [4.78, 5) is 24.7. The first-order valence-electron chi connectivity index (χ1n) is 10.0. The molecule has 1 aliphatic rings. The molecule has 0 bridgehead atoms. The van der Waals surface area contributed by atoms with Gasteiger partial charge in [-0.3, -0.25) is 4.84 Å². The zero-order chi connectivity index (χ0) is 24.7. The van der Waals surface area contributed by atoms with E-state index in [0.717, 1.165) is 38.3 Å². The minimum atomic E-state index is -2.01. The van der Waals surface area contributed by atoms with Crippen LogP contribution in [0.25, 0.3) is 0 Å². The number of carbonyl (C=O) groups excluding carboxylic acids is 1. The molecule has 0 radical (unpaired) electrons. The summed E-state index contributed by atoms with van der Waals surface area (Å²) < 4.78 is -2.01. The van der Waals surface area contributed by atoms with Gasteiger partial charge in [0.05, 0.1) is 0 Å². The average molecular weight is 531 g/mol. The van der Waals surface area contributed by atoms with Gasteiger partial charge in [-0.2, -0.15) is 0 Å². The van der Waals surface area contributed by atoms with Crippen LogP contribution in [0.2, 0.25) is 0 Å². The Hall–Kier alpha value is -1.99. The Kier molecular flexibility index (Phi) is 7.54. The predicted molar refractivity (Wildman–Crippen MR) is 134 cm³/mol. The van der Waals surface area contributed by atoms with E-state index in [1.54, 1.807) is 0 Å². The molecule has 1 atom stereocenters. The molecule has 1 aliphatic heterocycles.